The van der Waals surface area contributed by atoms with Crippen LogP contribution in [0.5, 0.6) is 0 Å². The zero-order valence-electron chi connectivity index (χ0n) is 7.53. The molecule has 2 N–H and O–H groups in total. The Morgan fingerprint density at radius 2 is 2.46 bits per heavy atom. The van der Waals surface area contributed by atoms with Crippen LogP contribution in [0, 0.1) is 0 Å². The van der Waals surface area contributed by atoms with Crippen molar-refractivity contribution in [2.24, 2.45) is 0 Å². The van der Waals surface area contributed by atoms with Crippen molar-refractivity contribution in [3.63, 3.8) is 0 Å². The highest BCUT2D eigenvalue weighted by atomic mass is 16.1. The summed E-state index contributed by atoms with van der Waals surface area (Å²) in [5, 5.41) is 0. The van der Waals surface area contributed by atoms with Crippen molar-refractivity contribution >= 4 is 12.2 Å². The lowest BCUT2D eigenvalue weighted by atomic mass is 10.2. The van der Waals surface area contributed by atoms with Gasteiger partial charge in [-0.25, -0.2) is 4.98 Å². The number of anilines is 1. The fourth-order valence-electron chi connectivity index (χ4n) is 0.992. The summed E-state index contributed by atoms with van der Waals surface area (Å²) >= 11 is 0. The Hall–Kier alpha value is -1.58. The lowest BCUT2D eigenvalue weighted by molar-refractivity contribution is 0.437. The molecule has 0 aliphatic heterocycles. The average Bonchev–Trinajstić information content (AvgIpc) is 2.14. The van der Waals surface area contributed by atoms with Crippen molar-refractivity contribution in [3.8, 4) is 0 Å². The molecule has 4 heteroatoms. The Kier molecular flexibility index (Phi) is 3.25. The van der Waals surface area contributed by atoms with Gasteiger partial charge in [-0.3, -0.25) is 4.79 Å². The molecule has 4 nitrogen and oxygen atoms in total. The molecule has 1 aromatic heterocycles. The summed E-state index contributed by atoms with van der Waals surface area (Å²) < 4.78 is 0. The van der Waals surface area contributed by atoms with E-state index in [0.29, 0.717) is 12.4 Å². The lowest BCUT2D eigenvalue weighted by Crippen LogP contribution is -2.18. The van der Waals surface area contributed by atoms with Gasteiger partial charge in [0, 0.05) is 19.8 Å². The number of hydrogen-bond acceptors (Lipinski definition) is 3. The number of rotatable bonds is 4. The maximum absolute atomic E-state index is 10.2. The molecule has 0 saturated heterocycles. The summed E-state index contributed by atoms with van der Waals surface area (Å²) in [5.41, 5.74) is 6.57. The van der Waals surface area contributed by atoms with Crippen LogP contribution in [0.25, 0.3) is 0 Å². The summed E-state index contributed by atoms with van der Waals surface area (Å²) in [6.07, 6.45) is 4.22. The summed E-state index contributed by atoms with van der Waals surface area (Å²) in [6.45, 7) is 0.646. The van der Waals surface area contributed by atoms with Crippen molar-refractivity contribution in [3.05, 3.63) is 23.9 Å². The number of likely N-dealkylation sites (N-methyl/N-ethyl adjacent to an activating group) is 1. The Labute approximate surface area is 77.4 Å². The first kappa shape index (κ1) is 9.51. The third kappa shape index (κ3) is 3.11. The number of carbonyl (C=O) groups excluding carboxylic acids is 1. The van der Waals surface area contributed by atoms with Crippen LogP contribution in [0.1, 0.15) is 5.56 Å². The largest absolute Gasteiger partial charge is 0.384 e. The van der Waals surface area contributed by atoms with E-state index in [1.807, 2.05) is 6.07 Å². The van der Waals surface area contributed by atoms with Gasteiger partial charge >= 0.3 is 6.41 Å². The van der Waals surface area contributed by atoms with Crippen molar-refractivity contribution < 1.29 is 4.79 Å². The minimum absolute atomic E-state index is 0.509. The van der Waals surface area contributed by atoms with E-state index in [0.717, 1.165) is 12.0 Å². The molecule has 0 fully saturated rings. The Morgan fingerprint density at radius 3 is 3.08 bits per heavy atom. The quantitative estimate of drug-likeness (QED) is 0.670. The van der Waals surface area contributed by atoms with Crippen LogP contribution in [-0.2, 0) is 11.2 Å². The SMILES string of the molecule is CN([C]=O)CCc1ccnc(N)c1. The number of nitrogen functional groups attached to an aromatic ring is 1. The molecule has 1 amide bonds. The maximum atomic E-state index is 10.2. The normalized spacial score (nSPS) is 9.62. The number of nitrogens with two attached hydrogens (primary N) is 1. The van der Waals surface area contributed by atoms with Crippen LogP contribution in [0.2, 0.25) is 0 Å². The minimum atomic E-state index is 0.509. The molecular weight excluding hydrogens is 166 g/mol. The molecule has 69 valence electrons. The maximum Gasteiger partial charge on any atom is 0.311 e. The first-order chi connectivity index (χ1) is 6.22. The fourth-order valence-corrected chi connectivity index (χ4v) is 0.992. The molecule has 13 heavy (non-hydrogen) atoms. The topological polar surface area (TPSA) is 59.2 Å². The molecule has 0 saturated carbocycles. The molecule has 1 heterocycles. The molecule has 0 spiro atoms. The number of pyridine rings is 1. The zero-order chi connectivity index (χ0) is 9.68. The van der Waals surface area contributed by atoms with E-state index in [1.165, 1.54) is 4.90 Å². The van der Waals surface area contributed by atoms with Crippen molar-refractivity contribution in [1.29, 1.82) is 0 Å². The second-order valence-electron chi connectivity index (χ2n) is 2.85. The lowest BCUT2D eigenvalue weighted by Gasteiger charge is -2.08. The van der Waals surface area contributed by atoms with Crippen molar-refractivity contribution in [2.45, 2.75) is 6.42 Å². The summed E-state index contributed by atoms with van der Waals surface area (Å²) in [5.74, 6) is 0.509. The second kappa shape index (κ2) is 4.45. The van der Waals surface area contributed by atoms with Gasteiger partial charge in [0.25, 0.3) is 0 Å². The van der Waals surface area contributed by atoms with Gasteiger partial charge in [0.05, 0.1) is 0 Å². The van der Waals surface area contributed by atoms with Crippen molar-refractivity contribution in [2.75, 3.05) is 19.3 Å². The molecule has 0 aromatic carbocycles. The molecule has 1 aromatic rings. The Bertz CT molecular complexity index is 288. The van der Waals surface area contributed by atoms with Gasteiger partial charge in [0.2, 0.25) is 0 Å². The number of amides is 1. The third-order valence-corrected chi connectivity index (χ3v) is 1.74. The number of aromatic nitrogens is 1. The summed E-state index contributed by atoms with van der Waals surface area (Å²) in [6, 6.07) is 3.69. The van der Waals surface area contributed by atoms with E-state index >= 15 is 0 Å². The van der Waals surface area contributed by atoms with Gasteiger partial charge < -0.3 is 10.6 Å². The van der Waals surface area contributed by atoms with Gasteiger partial charge in [-0.1, -0.05) is 0 Å². The Morgan fingerprint density at radius 1 is 1.69 bits per heavy atom. The highest BCUT2D eigenvalue weighted by Gasteiger charge is 1.97. The standard InChI is InChI=1S/C9H12N3O/c1-12(7-13)5-3-8-2-4-11-9(10)6-8/h2,4,6H,3,5H2,1H3,(H2,10,11). The van der Waals surface area contributed by atoms with E-state index in [1.54, 1.807) is 25.7 Å². The third-order valence-electron chi connectivity index (χ3n) is 1.74. The van der Waals surface area contributed by atoms with Crippen LogP contribution in [-0.4, -0.2) is 29.9 Å². The predicted octanol–water partition coefficient (Wildman–Crippen LogP) is 0.205. The van der Waals surface area contributed by atoms with Gasteiger partial charge in [0.15, 0.2) is 0 Å². The van der Waals surface area contributed by atoms with Gasteiger partial charge in [-0.15, -0.1) is 0 Å². The smallest absolute Gasteiger partial charge is 0.311 e. The highest BCUT2D eigenvalue weighted by molar-refractivity contribution is 5.47. The fraction of sp³-hybridized carbons (Fsp3) is 0.333. The molecular formula is C9H12N3O. The molecule has 1 rings (SSSR count). The van der Waals surface area contributed by atoms with Crippen LogP contribution in [0.15, 0.2) is 18.3 Å². The Balaban J connectivity index is 2.49. The molecule has 0 unspecified atom stereocenters. The molecule has 0 bridgehead atoms. The first-order valence-electron chi connectivity index (χ1n) is 4.01. The highest BCUT2D eigenvalue weighted by Crippen LogP contribution is 2.03. The van der Waals surface area contributed by atoms with E-state index < -0.39 is 0 Å². The minimum Gasteiger partial charge on any atom is -0.384 e. The first-order valence-corrected chi connectivity index (χ1v) is 4.01. The van der Waals surface area contributed by atoms with Gasteiger partial charge in [-0.2, -0.15) is 0 Å². The molecule has 0 atom stereocenters. The van der Waals surface area contributed by atoms with Crippen LogP contribution in [0.3, 0.4) is 0 Å². The second-order valence-corrected chi connectivity index (χ2v) is 2.85. The molecule has 0 aliphatic rings. The zero-order valence-corrected chi connectivity index (χ0v) is 7.53. The van der Waals surface area contributed by atoms with Gasteiger partial charge in [0.1, 0.15) is 5.82 Å². The number of hydrogen-bond donors (Lipinski definition) is 1. The number of nitrogens with zero attached hydrogens (tertiary/aromatic N) is 2. The molecule has 0 aliphatic carbocycles. The van der Waals surface area contributed by atoms with Crippen LogP contribution >= 0.6 is 0 Å². The van der Waals surface area contributed by atoms with E-state index in [4.69, 9.17) is 5.73 Å². The van der Waals surface area contributed by atoms with Gasteiger partial charge in [-0.05, 0) is 24.1 Å². The van der Waals surface area contributed by atoms with E-state index in [9.17, 15) is 4.79 Å². The van der Waals surface area contributed by atoms with Crippen LogP contribution < -0.4 is 5.73 Å². The van der Waals surface area contributed by atoms with Crippen LogP contribution in [0.4, 0.5) is 5.82 Å². The predicted molar refractivity (Wildman–Crippen MR) is 50.7 cm³/mol. The van der Waals surface area contributed by atoms with Crippen molar-refractivity contribution in [1.82, 2.24) is 9.88 Å². The average molecular weight is 178 g/mol. The summed E-state index contributed by atoms with van der Waals surface area (Å²) in [7, 11) is 1.69. The monoisotopic (exact) mass is 178 g/mol. The molecule has 1 radical (unpaired) electrons. The van der Waals surface area contributed by atoms with E-state index in [2.05, 4.69) is 4.98 Å². The summed E-state index contributed by atoms with van der Waals surface area (Å²) in [4.78, 5) is 15.5. The van der Waals surface area contributed by atoms with E-state index in [-0.39, 0.29) is 0 Å².